The number of aryl methyl sites for hydroxylation is 1. The fraction of sp³-hybridized carbons (Fsp3) is 0.407. The largest absolute Gasteiger partial charge is 0.497 e. The van der Waals surface area contributed by atoms with E-state index in [1.807, 2.05) is 55.1 Å². The minimum Gasteiger partial charge on any atom is -0.497 e. The van der Waals surface area contributed by atoms with E-state index >= 15 is 0 Å². The number of piperazine rings is 1. The number of nitrogens with zero attached hydrogens (tertiary/aromatic N) is 4. The Morgan fingerprint density at radius 3 is 2.44 bits per heavy atom. The summed E-state index contributed by atoms with van der Waals surface area (Å²) in [5, 5.41) is 8.29. The first kappa shape index (κ1) is 25.4. The Bertz CT molecular complexity index is 1220. The van der Waals surface area contributed by atoms with E-state index < -0.39 is 0 Å². The third-order valence-corrected chi connectivity index (χ3v) is 6.11. The summed E-state index contributed by atoms with van der Waals surface area (Å²) in [4.78, 5) is 32.3. The lowest BCUT2D eigenvalue weighted by molar-refractivity contribution is -0.133. The van der Waals surface area contributed by atoms with Crippen LogP contribution in [0, 0.1) is 0 Å². The maximum atomic E-state index is 12.8. The van der Waals surface area contributed by atoms with E-state index in [0.29, 0.717) is 30.2 Å². The van der Waals surface area contributed by atoms with E-state index in [9.17, 15) is 9.59 Å². The molecule has 0 radical (unpaired) electrons. The number of hydrogen-bond donors (Lipinski definition) is 1. The van der Waals surface area contributed by atoms with Crippen molar-refractivity contribution in [3.05, 3.63) is 70.1 Å². The van der Waals surface area contributed by atoms with Gasteiger partial charge in [-0.2, -0.15) is 0 Å². The summed E-state index contributed by atoms with van der Waals surface area (Å²) in [5.41, 5.74) is 1.87. The molecule has 0 saturated carbocycles. The Labute approximate surface area is 211 Å². The molecular weight excluding hydrogens is 458 g/mol. The lowest BCUT2D eigenvalue weighted by Gasteiger charge is -2.34. The van der Waals surface area contributed by atoms with E-state index in [1.54, 1.807) is 7.11 Å². The molecule has 0 spiro atoms. The molecule has 1 N–H and O–H groups in total. The smallest absolute Gasteiger partial charge is 0.273 e. The lowest BCUT2D eigenvalue weighted by Crippen LogP contribution is -2.48. The maximum absolute atomic E-state index is 12.8. The van der Waals surface area contributed by atoms with Gasteiger partial charge in [0.15, 0.2) is 5.82 Å². The van der Waals surface area contributed by atoms with Gasteiger partial charge in [-0.3, -0.25) is 14.5 Å². The Kier molecular flexibility index (Phi) is 8.32. The minimum atomic E-state index is -0.327. The fourth-order valence-corrected chi connectivity index (χ4v) is 4.17. The van der Waals surface area contributed by atoms with E-state index in [2.05, 4.69) is 32.2 Å². The number of amides is 1. The Balaban J connectivity index is 1.27. The van der Waals surface area contributed by atoms with Gasteiger partial charge in [0.2, 0.25) is 5.91 Å². The highest BCUT2D eigenvalue weighted by molar-refractivity contribution is 5.76. The highest BCUT2D eigenvalue weighted by atomic mass is 16.5. The first-order valence-electron chi connectivity index (χ1n) is 12.3. The molecule has 0 atom stereocenters. The summed E-state index contributed by atoms with van der Waals surface area (Å²) >= 11 is 0. The summed E-state index contributed by atoms with van der Waals surface area (Å²) in [5.74, 6) is 1.95. The molecule has 1 aliphatic rings. The van der Waals surface area contributed by atoms with Gasteiger partial charge in [-0.25, -0.2) is 0 Å². The number of aromatic amines is 1. The molecule has 190 valence electrons. The van der Waals surface area contributed by atoms with E-state index in [0.717, 1.165) is 25.4 Å². The number of H-pyrrole nitrogens is 1. The van der Waals surface area contributed by atoms with Crippen LogP contribution in [0.4, 0.5) is 0 Å². The predicted octanol–water partition coefficient (Wildman–Crippen LogP) is 2.90. The summed E-state index contributed by atoms with van der Waals surface area (Å²) in [7, 11) is 1.66. The number of aromatic nitrogens is 3. The number of ether oxygens (including phenoxy) is 2. The molecule has 2 heterocycles. The molecule has 0 aliphatic carbocycles. The van der Waals surface area contributed by atoms with Gasteiger partial charge in [0.25, 0.3) is 5.56 Å². The van der Waals surface area contributed by atoms with Crippen LogP contribution in [-0.2, 0) is 17.8 Å². The highest BCUT2D eigenvalue weighted by Gasteiger charge is 2.21. The average molecular weight is 492 g/mol. The van der Waals surface area contributed by atoms with Gasteiger partial charge < -0.3 is 19.4 Å². The van der Waals surface area contributed by atoms with Gasteiger partial charge in [0, 0.05) is 51.1 Å². The molecule has 36 heavy (non-hydrogen) atoms. The van der Waals surface area contributed by atoms with Crippen LogP contribution in [0.2, 0.25) is 0 Å². The minimum absolute atomic E-state index is 0.0305. The summed E-state index contributed by atoms with van der Waals surface area (Å²) < 4.78 is 10.9. The highest BCUT2D eigenvalue weighted by Crippen LogP contribution is 2.21. The lowest BCUT2D eigenvalue weighted by atomic mass is 10.1. The van der Waals surface area contributed by atoms with Crippen molar-refractivity contribution in [2.45, 2.75) is 39.3 Å². The van der Waals surface area contributed by atoms with E-state index in [4.69, 9.17) is 9.47 Å². The molecule has 3 aromatic rings. The normalized spacial score (nSPS) is 14.2. The third kappa shape index (κ3) is 6.69. The number of rotatable bonds is 9. The SMILES string of the molecule is COc1ccc(CN2CCN(C(=O)CCc3nnc(-c4cccc(OC(C)C)c4)[nH]c3=O)CC2)cc1. The zero-order chi connectivity index (χ0) is 25.5. The van der Waals surface area contributed by atoms with Crippen molar-refractivity contribution in [3.63, 3.8) is 0 Å². The number of carbonyl (C=O) groups is 1. The monoisotopic (exact) mass is 491 g/mol. The maximum Gasteiger partial charge on any atom is 0.273 e. The van der Waals surface area contributed by atoms with Crippen molar-refractivity contribution in [1.82, 2.24) is 25.0 Å². The molecule has 0 bridgehead atoms. The number of nitrogens with one attached hydrogen (secondary N) is 1. The fourth-order valence-electron chi connectivity index (χ4n) is 4.17. The molecule has 9 heteroatoms. The van der Waals surface area contributed by atoms with Crippen molar-refractivity contribution >= 4 is 5.91 Å². The summed E-state index contributed by atoms with van der Waals surface area (Å²) in [6, 6.07) is 15.4. The number of benzene rings is 2. The Morgan fingerprint density at radius 1 is 1.03 bits per heavy atom. The molecule has 1 amide bonds. The van der Waals surface area contributed by atoms with Crippen LogP contribution in [0.25, 0.3) is 11.4 Å². The van der Waals surface area contributed by atoms with Crippen molar-refractivity contribution in [2.75, 3.05) is 33.3 Å². The van der Waals surface area contributed by atoms with Gasteiger partial charge in [0.1, 0.15) is 17.2 Å². The second-order valence-corrected chi connectivity index (χ2v) is 9.15. The van der Waals surface area contributed by atoms with Crippen LogP contribution in [0.15, 0.2) is 53.3 Å². The van der Waals surface area contributed by atoms with E-state index in [1.165, 1.54) is 5.56 Å². The van der Waals surface area contributed by atoms with Gasteiger partial charge >= 0.3 is 0 Å². The molecule has 1 aliphatic heterocycles. The van der Waals surface area contributed by atoms with E-state index in [-0.39, 0.29) is 36.1 Å². The van der Waals surface area contributed by atoms with Crippen molar-refractivity contribution < 1.29 is 14.3 Å². The van der Waals surface area contributed by atoms with Crippen LogP contribution < -0.4 is 15.0 Å². The molecule has 4 rings (SSSR count). The second kappa shape index (κ2) is 11.8. The molecule has 1 aromatic heterocycles. The van der Waals surface area contributed by atoms with Crippen molar-refractivity contribution in [3.8, 4) is 22.9 Å². The third-order valence-electron chi connectivity index (χ3n) is 6.11. The number of hydrogen-bond acceptors (Lipinski definition) is 7. The van der Waals surface area contributed by atoms with Crippen molar-refractivity contribution in [2.24, 2.45) is 0 Å². The van der Waals surface area contributed by atoms with Gasteiger partial charge in [-0.1, -0.05) is 24.3 Å². The molecule has 9 nitrogen and oxygen atoms in total. The van der Waals surface area contributed by atoms with Crippen LogP contribution in [0.5, 0.6) is 11.5 Å². The van der Waals surface area contributed by atoms with Crippen molar-refractivity contribution in [1.29, 1.82) is 0 Å². The predicted molar refractivity (Wildman–Crippen MR) is 137 cm³/mol. The van der Waals surface area contributed by atoms with Crippen LogP contribution in [-0.4, -0.2) is 70.3 Å². The molecular formula is C27H33N5O4. The first-order chi connectivity index (χ1) is 17.4. The number of carbonyl (C=O) groups excluding carboxylic acids is 1. The molecule has 1 fully saturated rings. The van der Waals surface area contributed by atoms with Crippen LogP contribution in [0.3, 0.4) is 0 Å². The van der Waals surface area contributed by atoms with Crippen LogP contribution >= 0.6 is 0 Å². The standard InChI is InChI=1S/C27H33N5O4/c1-19(2)36-23-6-4-5-21(17-23)26-28-27(34)24(29-30-26)11-12-25(33)32-15-13-31(14-16-32)18-20-7-9-22(35-3)10-8-20/h4-10,17,19H,11-16,18H2,1-3H3,(H,28,30,34). The van der Waals surface area contributed by atoms with Gasteiger partial charge in [-0.15, -0.1) is 10.2 Å². The zero-order valence-corrected chi connectivity index (χ0v) is 21.1. The average Bonchev–Trinajstić information content (AvgIpc) is 2.88. The summed E-state index contributed by atoms with van der Waals surface area (Å²) in [6.45, 7) is 7.71. The van der Waals surface area contributed by atoms with Gasteiger partial charge in [-0.05, 0) is 43.7 Å². The zero-order valence-electron chi connectivity index (χ0n) is 21.1. The molecule has 0 unspecified atom stereocenters. The Hall–Kier alpha value is -3.72. The quantitative estimate of drug-likeness (QED) is 0.491. The van der Waals surface area contributed by atoms with Gasteiger partial charge in [0.05, 0.1) is 13.2 Å². The molecule has 1 saturated heterocycles. The topological polar surface area (TPSA) is 101 Å². The second-order valence-electron chi connectivity index (χ2n) is 9.15. The Morgan fingerprint density at radius 2 is 1.78 bits per heavy atom. The summed E-state index contributed by atoms with van der Waals surface area (Å²) in [6.07, 6.45) is 0.527. The first-order valence-corrected chi connectivity index (χ1v) is 12.3. The molecule has 2 aromatic carbocycles. The number of methoxy groups -OCH3 is 1. The van der Waals surface area contributed by atoms with Crippen LogP contribution in [0.1, 0.15) is 31.5 Å².